The van der Waals surface area contributed by atoms with E-state index < -0.39 is 0 Å². The van der Waals surface area contributed by atoms with Gasteiger partial charge in [-0.25, -0.2) is 4.98 Å². The molecule has 3 rings (SSSR count). The van der Waals surface area contributed by atoms with Crippen LogP contribution in [0.25, 0.3) is 5.69 Å². The van der Waals surface area contributed by atoms with Crippen LogP contribution >= 0.6 is 0 Å². The maximum atomic E-state index is 5.49. The van der Waals surface area contributed by atoms with E-state index in [1.165, 1.54) is 32.1 Å². The second-order valence-electron chi connectivity index (χ2n) is 5.53. The number of aromatic nitrogens is 2. The molecular formula is C17H23N3O. The summed E-state index contributed by atoms with van der Waals surface area (Å²) in [6, 6.07) is 8.70. The largest absolute Gasteiger partial charge is 0.494 e. The predicted molar refractivity (Wildman–Crippen MR) is 85.2 cm³/mol. The molecule has 4 heteroatoms. The number of nitrogens with zero attached hydrogens (tertiary/aromatic N) is 2. The summed E-state index contributed by atoms with van der Waals surface area (Å²) in [6.45, 7) is 2.69. The third-order valence-electron chi connectivity index (χ3n) is 4.01. The zero-order chi connectivity index (χ0) is 14.5. The lowest BCUT2D eigenvalue weighted by Gasteiger charge is -2.23. The normalized spacial score (nSPS) is 15.9. The Hall–Kier alpha value is -1.97. The van der Waals surface area contributed by atoms with Gasteiger partial charge in [0.2, 0.25) is 5.95 Å². The molecule has 1 N–H and O–H groups in total. The molecule has 1 heterocycles. The third kappa shape index (κ3) is 3.38. The Morgan fingerprint density at radius 1 is 1.19 bits per heavy atom. The van der Waals surface area contributed by atoms with Crippen molar-refractivity contribution >= 4 is 5.95 Å². The van der Waals surface area contributed by atoms with E-state index in [0.717, 1.165) is 17.4 Å². The molecule has 0 radical (unpaired) electrons. The fraction of sp³-hybridized carbons (Fsp3) is 0.471. The zero-order valence-electron chi connectivity index (χ0n) is 12.6. The first-order chi connectivity index (χ1) is 10.4. The zero-order valence-corrected chi connectivity index (χ0v) is 12.6. The smallest absolute Gasteiger partial charge is 0.207 e. The van der Waals surface area contributed by atoms with E-state index in [2.05, 4.69) is 27.0 Å². The number of nitrogens with one attached hydrogen (secondary N) is 1. The van der Waals surface area contributed by atoms with Crippen molar-refractivity contribution in [2.45, 2.75) is 45.1 Å². The van der Waals surface area contributed by atoms with Crippen LogP contribution in [0.5, 0.6) is 5.75 Å². The minimum absolute atomic E-state index is 0.558. The minimum atomic E-state index is 0.558. The van der Waals surface area contributed by atoms with Gasteiger partial charge >= 0.3 is 0 Å². The van der Waals surface area contributed by atoms with Crippen molar-refractivity contribution in [3.05, 3.63) is 36.7 Å². The maximum absolute atomic E-state index is 5.49. The third-order valence-corrected chi connectivity index (χ3v) is 4.01. The van der Waals surface area contributed by atoms with Crippen LogP contribution in [0.1, 0.15) is 39.0 Å². The van der Waals surface area contributed by atoms with Gasteiger partial charge in [-0.3, -0.25) is 4.57 Å². The van der Waals surface area contributed by atoms with Gasteiger partial charge in [0.25, 0.3) is 0 Å². The molecule has 0 saturated heterocycles. The molecule has 0 bridgehead atoms. The average molecular weight is 285 g/mol. The number of rotatable bonds is 5. The van der Waals surface area contributed by atoms with Crippen molar-refractivity contribution < 1.29 is 4.74 Å². The lowest BCUT2D eigenvalue weighted by atomic mass is 9.96. The summed E-state index contributed by atoms with van der Waals surface area (Å²) >= 11 is 0. The fourth-order valence-corrected chi connectivity index (χ4v) is 2.92. The molecule has 2 aromatic rings. The molecule has 0 amide bonds. The van der Waals surface area contributed by atoms with Crippen LogP contribution < -0.4 is 10.1 Å². The van der Waals surface area contributed by atoms with Gasteiger partial charge < -0.3 is 10.1 Å². The Kier molecular flexibility index (Phi) is 4.43. The summed E-state index contributed by atoms with van der Waals surface area (Å²) in [6.07, 6.45) is 10.4. The predicted octanol–water partition coefficient (Wildman–Crippen LogP) is 4.02. The Morgan fingerprint density at radius 2 is 1.95 bits per heavy atom. The highest BCUT2D eigenvalue weighted by Crippen LogP contribution is 2.23. The number of anilines is 1. The first kappa shape index (κ1) is 14.0. The molecule has 1 aliphatic carbocycles. The van der Waals surface area contributed by atoms with Gasteiger partial charge in [0, 0.05) is 24.1 Å². The number of hydrogen-bond donors (Lipinski definition) is 1. The highest BCUT2D eigenvalue weighted by molar-refractivity contribution is 5.44. The van der Waals surface area contributed by atoms with Crippen molar-refractivity contribution in [2.24, 2.45) is 0 Å². The van der Waals surface area contributed by atoms with Gasteiger partial charge in [-0.05, 0) is 44.0 Å². The van der Waals surface area contributed by atoms with E-state index in [4.69, 9.17) is 4.74 Å². The number of hydrogen-bond acceptors (Lipinski definition) is 3. The molecule has 0 spiro atoms. The summed E-state index contributed by atoms with van der Waals surface area (Å²) in [5.74, 6) is 1.84. The summed E-state index contributed by atoms with van der Waals surface area (Å²) in [4.78, 5) is 4.47. The van der Waals surface area contributed by atoms with Crippen molar-refractivity contribution in [3.8, 4) is 11.4 Å². The molecule has 1 aliphatic rings. The Bertz CT molecular complexity index is 556. The molecule has 0 unspecified atom stereocenters. The number of ether oxygens (including phenoxy) is 1. The van der Waals surface area contributed by atoms with Crippen molar-refractivity contribution in [1.29, 1.82) is 0 Å². The molecule has 4 nitrogen and oxygen atoms in total. The SMILES string of the molecule is CCOc1ccc(-n2ccnc2NC2CCCCC2)cc1. The summed E-state index contributed by atoms with van der Waals surface area (Å²) in [7, 11) is 0. The summed E-state index contributed by atoms with van der Waals surface area (Å²) in [5.41, 5.74) is 1.11. The Labute approximate surface area is 126 Å². The van der Waals surface area contributed by atoms with Crippen LogP contribution in [0.3, 0.4) is 0 Å². The molecule has 1 aromatic carbocycles. The molecular weight excluding hydrogens is 262 g/mol. The van der Waals surface area contributed by atoms with Crippen LogP contribution in [-0.4, -0.2) is 22.2 Å². The monoisotopic (exact) mass is 285 g/mol. The average Bonchev–Trinajstić information content (AvgIpc) is 2.98. The molecule has 1 saturated carbocycles. The van der Waals surface area contributed by atoms with Crippen LogP contribution in [0, 0.1) is 0 Å². The highest BCUT2D eigenvalue weighted by Gasteiger charge is 2.15. The lowest BCUT2D eigenvalue weighted by molar-refractivity contribution is 0.340. The van der Waals surface area contributed by atoms with E-state index in [1.54, 1.807) is 0 Å². The second kappa shape index (κ2) is 6.66. The van der Waals surface area contributed by atoms with E-state index in [9.17, 15) is 0 Å². The van der Waals surface area contributed by atoms with Gasteiger partial charge in [0.05, 0.1) is 6.61 Å². The van der Waals surface area contributed by atoms with E-state index in [0.29, 0.717) is 12.6 Å². The lowest BCUT2D eigenvalue weighted by Crippen LogP contribution is -2.24. The van der Waals surface area contributed by atoms with Crippen LogP contribution in [0.4, 0.5) is 5.95 Å². The van der Waals surface area contributed by atoms with Crippen LogP contribution in [0.2, 0.25) is 0 Å². The van der Waals surface area contributed by atoms with Gasteiger partial charge in [-0.1, -0.05) is 19.3 Å². The van der Waals surface area contributed by atoms with Crippen LogP contribution in [0.15, 0.2) is 36.7 Å². The molecule has 0 aliphatic heterocycles. The molecule has 21 heavy (non-hydrogen) atoms. The van der Waals surface area contributed by atoms with Crippen molar-refractivity contribution in [2.75, 3.05) is 11.9 Å². The fourth-order valence-electron chi connectivity index (χ4n) is 2.92. The molecule has 1 fully saturated rings. The van der Waals surface area contributed by atoms with Crippen molar-refractivity contribution in [3.63, 3.8) is 0 Å². The maximum Gasteiger partial charge on any atom is 0.207 e. The Morgan fingerprint density at radius 3 is 2.67 bits per heavy atom. The van der Waals surface area contributed by atoms with Gasteiger partial charge in [-0.2, -0.15) is 0 Å². The van der Waals surface area contributed by atoms with Gasteiger partial charge in [0.15, 0.2) is 0 Å². The van der Waals surface area contributed by atoms with E-state index >= 15 is 0 Å². The standard InChI is InChI=1S/C17H23N3O/c1-2-21-16-10-8-15(9-11-16)20-13-12-18-17(20)19-14-6-4-3-5-7-14/h8-14H,2-7H2,1H3,(H,18,19). The Balaban J connectivity index is 1.74. The summed E-state index contributed by atoms with van der Waals surface area (Å²) < 4.78 is 7.59. The number of benzene rings is 1. The second-order valence-corrected chi connectivity index (χ2v) is 5.53. The van der Waals surface area contributed by atoms with E-state index in [-0.39, 0.29) is 0 Å². The molecule has 112 valence electrons. The highest BCUT2D eigenvalue weighted by atomic mass is 16.5. The van der Waals surface area contributed by atoms with Gasteiger partial charge in [0.1, 0.15) is 5.75 Å². The topological polar surface area (TPSA) is 39.1 Å². The van der Waals surface area contributed by atoms with Crippen molar-refractivity contribution in [1.82, 2.24) is 9.55 Å². The quantitative estimate of drug-likeness (QED) is 0.902. The first-order valence-electron chi connectivity index (χ1n) is 7.90. The molecule has 1 aromatic heterocycles. The summed E-state index contributed by atoms with van der Waals surface area (Å²) in [5, 5.41) is 3.59. The number of imidazole rings is 1. The van der Waals surface area contributed by atoms with E-state index in [1.807, 2.05) is 31.5 Å². The first-order valence-corrected chi connectivity index (χ1v) is 7.90. The van der Waals surface area contributed by atoms with Gasteiger partial charge in [-0.15, -0.1) is 0 Å². The van der Waals surface area contributed by atoms with Crippen LogP contribution in [-0.2, 0) is 0 Å². The minimum Gasteiger partial charge on any atom is -0.494 e. The molecule has 0 atom stereocenters.